The molecule has 3 aromatic rings. The largest absolute Gasteiger partial charge is 0.495 e. The van der Waals surface area contributed by atoms with Gasteiger partial charge in [0.15, 0.2) is 5.84 Å². The van der Waals surface area contributed by atoms with Crippen molar-refractivity contribution in [2.45, 2.75) is 44.8 Å². The zero-order valence-electron chi connectivity index (χ0n) is 20.6. The van der Waals surface area contributed by atoms with E-state index in [2.05, 4.69) is 15.0 Å². The van der Waals surface area contributed by atoms with Crippen LogP contribution >= 0.6 is 11.6 Å². The number of aryl methyl sites for hydroxylation is 2. The molecule has 36 heavy (non-hydrogen) atoms. The average molecular weight is 509 g/mol. The zero-order valence-corrected chi connectivity index (χ0v) is 21.3. The van der Waals surface area contributed by atoms with Crippen LogP contribution in [-0.2, 0) is 17.0 Å². The number of amidine groups is 1. The molecule has 0 saturated carbocycles. The van der Waals surface area contributed by atoms with E-state index in [0.29, 0.717) is 18.3 Å². The number of hydrogen-bond donors (Lipinski definition) is 0. The van der Waals surface area contributed by atoms with E-state index in [9.17, 15) is 4.39 Å². The van der Waals surface area contributed by atoms with E-state index in [-0.39, 0.29) is 5.82 Å². The smallest absolute Gasteiger partial charge is 0.237 e. The fourth-order valence-corrected chi connectivity index (χ4v) is 5.21. The summed E-state index contributed by atoms with van der Waals surface area (Å²) in [5.41, 5.74) is 3.97. The lowest BCUT2D eigenvalue weighted by Crippen LogP contribution is -2.46. The Morgan fingerprint density at radius 1 is 1.19 bits per heavy atom. The van der Waals surface area contributed by atoms with Gasteiger partial charge in [-0.3, -0.25) is 0 Å². The molecule has 0 saturated heterocycles. The van der Waals surface area contributed by atoms with Crippen LogP contribution in [0, 0.1) is 12.7 Å². The lowest BCUT2D eigenvalue weighted by atomic mass is 9.93. The summed E-state index contributed by atoms with van der Waals surface area (Å²) >= 11 is 6.08. The second-order valence-corrected chi connectivity index (χ2v) is 9.59. The third kappa shape index (κ3) is 4.60. The Balaban J connectivity index is 1.46. The molecule has 8 heteroatoms. The monoisotopic (exact) mass is 508 g/mol. The summed E-state index contributed by atoms with van der Waals surface area (Å²) in [6.07, 6.45) is 12.1. The van der Waals surface area contributed by atoms with Crippen LogP contribution in [0.25, 0.3) is 11.8 Å². The highest BCUT2D eigenvalue weighted by atomic mass is 35.5. The van der Waals surface area contributed by atoms with E-state index in [4.69, 9.17) is 21.2 Å². The Bertz CT molecular complexity index is 1300. The number of nitrogens with zero attached hydrogens (tertiary/aromatic N) is 4. The summed E-state index contributed by atoms with van der Waals surface area (Å²) in [6.45, 7) is 2.61. The molecule has 6 nitrogen and oxygen atoms in total. The maximum absolute atomic E-state index is 14.4. The van der Waals surface area contributed by atoms with Gasteiger partial charge in [-0.2, -0.15) is 0 Å². The molecular formula is C28H30ClFN4O2. The summed E-state index contributed by atoms with van der Waals surface area (Å²) in [5, 5.41) is 4.49. The fraction of sp³-hybridized carbons (Fsp3) is 0.357. The van der Waals surface area contributed by atoms with Crippen molar-refractivity contribution in [3.63, 3.8) is 0 Å². The number of aromatic nitrogens is 2. The van der Waals surface area contributed by atoms with E-state index in [1.165, 1.54) is 6.07 Å². The van der Waals surface area contributed by atoms with Crippen LogP contribution < -0.4 is 4.74 Å². The van der Waals surface area contributed by atoms with Crippen LogP contribution in [0.3, 0.4) is 0 Å². The first-order chi connectivity index (χ1) is 17.5. The Kier molecular flexibility index (Phi) is 7.01. The van der Waals surface area contributed by atoms with Gasteiger partial charge < -0.3 is 19.0 Å². The molecule has 1 unspecified atom stereocenters. The minimum atomic E-state index is -0.819. The van der Waals surface area contributed by atoms with E-state index >= 15 is 0 Å². The number of oxime groups is 1. The summed E-state index contributed by atoms with van der Waals surface area (Å²) in [5.74, 6) is 1.69. The average Bonchev–Trinajstić information content (AvgIpc) is 3.42. The topological polar surface area (TPSA) is 51.9 Å². The van der Waals surface area contributed by atoms with Gasteiger partial charge in [0.25, 0.3) is 0 Å². The van der Waals surface area contributed by atoms with Gasteiger partial charge in [-0.15, -0.1) is 11.6 Å². The molecule has 5 rings (SSSR count). The number of fused-ring (bicyclic) bond motifs is 2. The number of rotatable bonds is 7. The SMILES string of the molecule is COc1cc(C=CC2=NOC3(CCCCc4ccc(F)cc43)N2CCCCl)ccc1-n1cnc(C)c1. The fourth-order valence-electron chi connectivity index (χ4n) is 5.09. The molecule has 1 atom stereocenters. The highest BCUT2D eigenvalue weighted by Gasteiger charge is 2.48. The number of benzene rings is 2. The maximum Gasteiger partial charge on any atom is 0.237 e. The van der Waals surface area contributed by atoms with Crippen LogP contribution in [0.4, 0.5) is 4.39 Å². The molecule has 1 spiro atoms. The number of alkyl halides is 1. The molecule has 2 heterocycles. The molecule has 0 fully saturated rings. The predicted molar refractivity (Wildman–Crippen MR) is 140 cm³/mol. The second kappa shape index (κ2) is 10.3. The molecule has 2 aromatic carbocycles. The molecule has 2 aliphatic rings. The van der Waals surface area contributed by atoms with E-state index in [1.54, 1.807) is 19.5 Å². The number of methoxy groups -OCH3 is 1. The summed E-state index contributed by atoms with van der Waals surface area (Å²) < 4.78 is 22.0. The summed E-state index contributed by atoms with van der Waals surface area (Å²) in [7, 11) is 1.66. The first-order valence-electron chi connectivity index (χ1n) is 12.3. The first-order valence-corrected chi connectivity index (χ1v) is 12.8. The van der Waals surface area contributed by atoms with Gasteiger partial charge >= 0.3 is 0 Å². The Morgan fingerprint density at radius 2 is 2.08 bits per heavy atom. The van der Waals surface area contributed by atoms with Crippen LogP contribution in [0.2, 0.25) is 0 Å². The lowest BCUT2D eigenvalue weighted by Gasteiger charge is -2.37. The van der Waals surface area contributed by atoms with Crippen LogP contribution in [-0.4, -0.2) is 39.8 Å². The Labute approximate surface area is 216 Å². The highest BCUT2D eigenvalue weighted by Crippen LogP contribution is 2.44. The zero-order chi connectivity index (χ0) is 25.1. The standard InChI is InChI=1S/C28H30ClFN4O2/c1-20-18-33(19-31-20)25-11-7-21(16-26(25)35-2)8-12-27-32-36-28(34(27)15-5-14-29)13-4-3-6-22-9-10-23(30)17-24(22)28/h7-12,16-19H,3-6,13-15H2,1-2H3. The third-order valence-corrected chi connectivity index (χ3v) is 7.11. The van der Waals surface area contributed by atoms with Crippen LogP contribution in [0.1, 0.15) is 48.1 Å². The van der Waals surface area contributed by atoms with Crippen molar-refractivity contribution in [2.24, 2.45) is 5.16 Å². The molecule has 0 N–H and O–H groups in total. The van der Waals surface area contributed by atoms with E-state index < -0.39 is 5.72 Å². The van der Waals surface area contributed by atoms with Gasteiger partial charge in [0.05, 0.1) is 24.8 Å². The van der Waals surface area contributed by atoms with Gasteiger partial charge in [-0.05, 0) is 74.1 Å². The highest BCUT2D eigenvalue weighted by molar-refractivity contribution is 6.17. The number of imidazole rings is 1. The van der Waals surface area contributed by atoms with Crippen molar-refractivity contribution >= 4 is 23.5 Å². The van der Waals surface area contributed by atoms with Gasteiger partial charge in [0, 0.05) is 30.6 Å². The van der Waals surface area contributed by atoms with Crippen LogP contribution in [0.5, 0.6) is 5.75 Å². The third-order valence-electron chi connectivity index (χ3n) is 6.84. The minimum absolute atomic E-state index is 0.264. The quantitative estimate of drug-likeness (QED) is 0.357. The molecular weight excluding hydrogens is 479 g/mol. The molecule has 0 amide bonds. The van der Waals surface area contributed by atoms with Gasteiger partial charge in [-0.1, -0.05) is 23.4 Å². The van der Waals surface area contributed by atoms with Crippen molar-refractivity contribution in [3.05, 3.63) is 83.2 Å². The van der Waals surface area contributed by atoms with Crippen molar-refractivity contribution in [3.8, 4) is 11.4 Å². The number of ether oxygens (including phenoxy) is 1. The van der Waals surface area contributed by atoms with Gasteiger partial charge in [-0.25, -0.2) is 9.37 Å². The van der Waals surface area contributed by atoms with Gasteiger partial charge in [0.2, 0.25) is 5.72 Å². The Hall–Kier alpha value is -3.32. The van der Waals surface area contributed by atoms with Crippen molar-refractivity contribution in [1.29, 1.82) is 0 Å². The molecule has 0 radical (unpaired) electrons. The number of hydrogen-bond acceptors (Lipinski definition) is 5. The predicted octanol–water partition coefficient (Wildman–Crippen LogP) is 6.20. The van der Waals surface area contributed by atoms with Gasteiger partial charge in [0.1, 0.15) is 11.6 Å². The Morgan fingerprint density at radius 3 is 2.86 bits per heavy atom. The van der Waals surface area contributed by atoms with Crippen LogP contribution in [0.15, 0.2) is 60.2 Å². The first kappa shape index (κ1) is 24.4. The van der Waals surface area contributed by atoms with E-state index in [0.717, 1.165) is 65.9 Å². The second-order valence-electron chi connectivity index (χ2n) is 9.21. The molecule has 1 aromatic heterocycles. The molecule has 188 valence electrons. The molecule has 1 aliphatic heterocycles. The lowest BCUT2D eigenvalue weighted by molar-refractivity contribution is -0.112. The van der Waals surface area contributed by atoms with Crippen molar-refractivity contribution < 1.29 is 14.0 Å². The normalized spacial score (nSPS) is 19.3. The number of halogens is 2. The minimum Gasteiger partial charge on any atom is -0.495 e. The van der Waals surface area contributed by atoms with Crippen molar-refractivity contribution in [2.75, 3.05) is 19.5 Å². The van der Waals surface area contributed by atoms with E-state index in [1.807, 2.05) is 54.1 Å². The van der Waals surface area contributed by atoms with Crippen molar-refractivity contribution in [1.82, 2.24) is 14.5 Å². The molecule has 0 bridgehead atoms. The summed E-state index contributed by atoms with van der Waals surface area (Å²) in [4.78, 5) is 12.7. The maximum atomic E-state index is 14.4. The summed E-state index contributed by atoms with van der Waals surface area (Å²) in [6, 6.07) is 11.0. The molecule has 1 aliphatic carbocycles.